The average molecular weight is 376 g/mol. The van der Waals surface area contributed by atoms with Crippen LogP contribution in [0.5, 0.6) is 0 Å². The van der Waals surface area contributed by atoms with Gasteiger partial charge in [0.2, 0.25) is 5.91 Å². The number of halogens is 1. The highest BCUT2D eigenvalue weighted by atomic mass is 127. The Morgan fingerprint density at radius 1 is 1.15 bits per heavy atom. The quantitative estimate of drug-likeness (QED) is 0.717. The van der Waals surface area contributed by atoms with Crippen LogP contribution in [0.15, 0.2) is 42.5 Å². The molecule has 2 aliphatic heterocycles. The Hall–Kier alpha value is -1.56. The summed E-state index contributed by atoms with van der Waals surface area (Å²) in [5.74, 6) is 0.106. The van der Waals surface area contributed by atoms with Gasteiger partial charge in [0, 0.05) is 16.5 Å². The molecule has 2 aromatic rings. The van der Waals surface area contributed by atoms with E-state index in [0.29, 0.717) is 0 Å². The summed E-state index contributed by atoms with van der Waals surface area (Å²) in [6.07, 6.45) is 0.785. The van der Waals surface area contributed by atoms with Gasteiger partial charge in [0.1, 0.15) is 6.04 Å². The fourth-order valence-electron chi connectivity index (χ4n) is 3.09. The van der Waals surface area contributed by atoms with E-state index in [-0.39, 0.29) is 11.9 Å². The highest BCUT2D eigenvalue weighted by molar-refractivity contribution is 14.1. The molecule has 0 aliphatic carbocycles. The molecule has 1 atom stereocenters. The first kappa shape index (κ1) is 12.2. The Bertz CT molecular complexity index is 713. The lowest BCUT2D eigenvalue weighted by Crippen LogP contribution is -2.51. The summed E-state index contributed by atoms with van der Waals surface area (Å²) in [6.45, 7) is 0.807. The lowest BCUT2D eigenvalue weighted by atomic mass is 9.91. The second kappa shape index (κ2) is 4.48. The number of carbonyl (C=O) groups excluding carboxylic acids is 1. The molecule has 0 spiro atoms. The van der Waals surface area contributed by atoms with Crippen molar-refractivity contribution in [3.8, 4) is 0 Å². The maximum Gasteiger partial charge on any atom is 0.247 e. The first-order chi connectivity index (χ1) is 9.72. The maximum atomic E-state index is 12.4. The second-order valence-corrected chi connectivity index (χ2v) is 6.51. The van der Waals surface area contributed by atoms with Gasteiger partial charge in [-0.15, -0.1) is 0 Å². The van der Waals surface area contributed by atoms with E-state index in [4.69, 9.17) is 0 Å². The van der Waals surface area contributed by atoms with Gasteiger partial charge in [0.25, 0.3) is 0 Å². The van der Waals surface area contributed by atoms with Crippen molar-refractivity contribution in [2.75, 3.05) is 10.2 Å². The lowest BCUT2D eigenvalue weighted by molar-refractivity contribution is -0.117. The molecule has 0 aromatic heterocycles. The van der Waals surface area contributed by atoms with Crippen molar-refractivity contribution in [2.24, 2.45) is 0 Å². The molecule has 20 heavy (non-hydrogen) atoms. The van der Waals surface area contributed by atoms with Crippen LogP contribution in [-0.4, -0.2) is 11.9 Å². The summed E-state index contributed by atoms with van der Waals surface area (Å²) in [7, 11) is 0. The van der Waals surface area contributed by atoms with Gasteiger partial charge in [-0.05, 0) is 51.9 Å². The first-order valence-electron chi connectivity index (χ1n) is 6.66. The Labute approximate surface area is 131 Å². The van der Waals surface area contributed by atoms with Crippen LogP contribution in [0, 0.1) is 3.57 Å². The molecule has 2 aromatic carbocycles. The molecule has 100 valence electrons. The molecule has 3 nitrogen and oxygen atoms in total. The number of fused-ring (bicyclic) bond motifs is 4. The van der Waals surface area contributed by atoms with E-state index in [9.17, 15) is 4.79 Å². The number of anilines is 2. The predicted molar refractivity (Wildman–Crippen MR) is 87.9 cm³/mol. The molecule has 0 bridgehead atoms. The second-order valence-electron chi connectivity index (χ2n) is 5.27. The molecule has 4 rings (SSSR count). The number of rotatable bonds is 0. The molecule has 4 heteroatoms. The van der Waals surface area contributed by atoms with E-state index < -0.39 is 0 Å². The number of nitrogens with zero attached hydrogens (tertiary/aromatic N) is 1. The topological polar surface area (TPSA) is 32.3 Å². The third-order valence-corrected chi connectivity index (χ3v) is 4.75. The minimum absolute atomic E-state index is 0.0857. The van der Waals surface area contributed by atoms with Crippen LogP contribution in [0.3, 0.4) is 0 Å². The van der Waals surface area contributed by atoms with Crippen LogP contribution in [0.2, 0.25) is 0 Å². The Morgan fingerprint density at radius 2 is 1.95 bits per heavy atom. The van der Waals surface area contributed by atoms with Crippen LogP contribution in [0.25, 0.3) is 0 Å². The molecule has 2 aliphatic rings. The fraction of sp³-hybridized carbons (Fsp3) is 0.188. The number of hydrogen-bond donors (Lipinski definition) is 1. The third-order valence-electron chi connectivity index (χ3n) is 4.08. The fourth-order valence-corrected chi connectivity index (χ4v) is 3.58. The van der Waals surface area contributed by atoms with Crippen molar-refractivity contribution in [3.05, 3.63) is 57.2 Å². The highest BCUT2D eigenvalue weighted by Gasteiger charge is 2.36. The Morgan fingerprint density at radius 3 is 2.80 bits per heavy atom. The molecular formula is C16H13IN2O. The van der Waals surface area contributed by atoms with E-state index in [1.807, 2.05) is 12.1 Å². The smallest absolute Gasteiger partial charge is 0.247 e. The zero-order valence-electron chi connectivity index (χ0n) is 10.8. The van der Waals surface area contributed by atoms with Gasteiger partial charge in [0.05, 0.1) is 11.4 Å². The molecule has 0 saturated carbocycles. The number of carbonyl (C=O) groups is 1. The van der Waals surface area contributed by atoms with Gasteiger partial charge in [-0.3, -0.25) is 4.79 Å². The van der Waals surface area contributed by atoms with Crippen LogP contribution in [0.4, 0.5) is 11.4 Å². The summed E-state index contributed by atoms with van der Waals surface area (Å²) in [5.41, 5.74) is 4.67. The molecule has 1 unspecified atom stereocenters. The zero-order chi connectivity index (χ0) is 13.7. The molecule has 0 fully saturated rings. The lowest BCUT2D eigenvalue weighted by Gasteiger charge is -2.41. The van der Waals surface area contributed by atoms with E-state index in [1.165, 1.54) is 11.1 Å². The molecule has 0 radical (unpaired) electrons. The normalized spacial score (nSPS) is 19.8. The summed E-state index contributed by atoms with van der Waals surface area (Å²) in [4.78, 5) is 14.6. The van der Waals surface area contributed by atoms with E-state index >= 15 is 0 Å². The average Bonchev–Trinajstić information content (AvgIpc) is 2.45. The van der Waals surface area contributed by atoms with Gasteiger partial charge in [-0.1, -0.05) is 24.3 Å². The number of nitrogens with one attached hydrogen (secondary N) is 1. The molecule has 2 heterocycles. The largest absolute Gasteiger partial charge is 0.353 e. The van der Waals surface area contributed by atoms with Crippen LogP contribution >= 0.6 is 22.6 Å². The van der Waals surface area contributed by atoms with Crippen molar-refractivity contribution in [3.63, 3.8) is 0 Å². The number of amides is 1. The van der Waals surface area contributed by atoms with E-state index in [1.54, 1.807) is 0 Å². The minimum Gasteiger partial charge on any atom is -0.353 e. The Balaban J connectivity index is 1.83. The third kappa shape index (κ3) is 1.82. The summed E-state index contributed by atoms with van der Waals surface area (Å²) < 4.78 is 1.14. The van der Waals surface area contributed by atoms with Gasteiger partial charge in [-0.25, -0.2) is 0 Å². The summed E-state index contributed by atoms with van der Waals surface area (Å²) in [5, 5.41) is 3.05. The standard InChI is InChI=1S/C16H13IN2O/c17-12-5-6-14-13(8-12)18-16(20)15-7-10-3-1-2-4-11(10)9-19(14)15/h1-6,8,15H,7,9H2,(H,18,20). The SMILES string of the molecule is O=C1Nc2cc(I)ccc2N2Cc3ccccc3CC12. The van der Waals surface area contributed by atoms with Crippen LogP contribution in [-0.2, 0) is 17.8 Å². The van der Waals surface area contributed by atoms with Crippen molar-refractivity contribution < 1.29 is 4.79 Å². The maximum absolute atomic E-state index is 12.4. The van der Waals surface area contributed by atoms with Crippen molar-refractivity contribution in [1.29, 1.82) is 0 Å². The van der Waals surface area contributed by atoms with E-state index in [2.05, 4.69) is 63.1 Å². The summed E-state index contributed by atoms with van der Waals surface area (Å²) >= 11 is 2.27. The molecule has 1 amide bonds. The van der Waals surface area contributed by atoms with Gasteiger partial charge >= 0.3 is 0 Å². The molecule has 1 N–H and O–H groups in total. The number of hydrogen-bond acceptors (Lipinski definition) is 2. The van der Waals surface area contributed by atoms with Crippen LogP contribution < -0.4 is 10.2 Å². The summed E-state index contributed by atoms with van der Waals surface area (Å²) in [6, 6.07) is 14.5. The van der Waals surface area contributed by atoms with Gasteiger partial charge in [0.15, 0.2) is 0 Å². The monoisotopic (exact) mass is 376 g/mol. The van der Waals surface area contributed by atoms with Crippen molar-refractivity contribution in [1.82, 2.24) is 0 Å². The Kier molecular flexibility index (Phi) is 2.73. The molecule has 0 saturated heterocycles. The minimum atomic E-state index is -0.0857. The predicted octanol–water partition coefficient (Wildman–Crippen LogP) is 3.17. The molecular weight excluding hydrogens is 363 g/mol. The van der Waals surface area contributed by atoms with E-state index in [0.717, 1.165) is 27.9 Å². The highest BCUT2D eigenvalue weighted by Crippen LogP contribution is 2.38. The first-order valence-corrected chi connectivity index (χ1v) is 7.74. The van der Waals surface area contributed by atoms with Gasteiger partial charge in [-0.2, -0.15) is 0 Å². The zero-order valence-corrected chi connectivity index (χ0v) is 12.9. The van der Waals surface area contributed by atoms with Crippen molar-refractivity contribution in [2.45, 2.75) is 19.0 Å². The number of benzene rings is 2. The van der Waals surface area contributed by atoms with Crippen molar-refractivity contribution >= 4 is 39.9 Å². The van der Waals surface area contributed by atoms with Gasteiger partial charge < -0.3 is 10.2 Å². The van der Waals surface area contributed by atoms with Crippen LogP contribution in [0.1, 0.15) is 11.1 Å².